The predicted molar refractivity (Wildman–Crippen MR) is 85.4 cm³/mol. The third-order valence-corrected chi connectivity index (χ3v) is 4.03. The molecule has 5 nitrogen and oxygen atoms in total. The van der Waals surface area contributed by atoms with Gasteiger partial charge in [0.05, 0.1) is 12.3 Å². The quantitative estimate of drug-likeness (QED) is 0.820. The highest BCUT2D eigenvalue weighted by molar-refractivity contribution is 7.16. The molecule has 0 saturated heterocycles. The highest BCUT2D eigenvalue weighted by Crippen LogP contribution is 2.35. The SMILES string of the molecule is CCONC(=O)Nc1nc(-c2ccccc2)c(C(C)C)s1. The van der Waals surface area contributed by atoms with E-state index in [2.05, 4.69) is 29.6 Å². The van der Waals surface area contributed by atoms with Crippen molar-refractivity contribution >= 4 is 22.5 Å². The Hall–Kier alpha value is -1.92. The van der Waals surface area contributed by atoms with Crippen molar-refractivity contribution in [3.05, 3.63) is 35.2 Å². The standard InChI is InChI=1S/C15H19N3O2S/c1-4-20-18-14(19)17-15-16-12(13(21-15)10(2)3)11-8-6-5-7-9-11/h5-10H,4H2,1-3H3,(H2,16,17,18,19). The molecule has 0 bridgehead atoms. The van der Waals surface area contributed by atoms with Crippen LogP contribution in [0.1, 0.15) is 31.6 Å². The molecule has 2 amide bonds. The Morgan fingerprint density at radius 2 is 2.05 bits per heavy atom. The van der Waals surface area contributed by atoms with Crippen molar-refractivity contribution in [2.75, 3.05) is 11.9 Å². The fourth-order valence-corrected chi connectivity index (χ4v) is 2.82. The van der Waals surface area contributed by atoms with E-state index in [1.165, 1.54) is 11.3 Å². The van der Waals surface area contributed by atoms with E-state index >= 15 is 0 Å². The average molecular weight is 305 g/mol. The van der Waals surface area contributed by atoms with Crippen LogP contribution in [0.3, 0.4) is 0 Å². The van der Waals surface area contributed by atoms with Gasteiger partial charge in [-0.05, 0) is 12.8 Å². The van der Waals surface area contributed by atoms with Crippen LogP contribution >= 0.6 is 11.3 Å². The van der Waals surface area contributed by atoms with E-state index in [0.717, 1.165) is 16.1 Å². The summed E-state index contributed by atoms with van der Waals surface area (Å²) >= 11 is 1.49. The van der Waals surface area contributed by atoms with Crippen LogP contribution in [0.25, 0.3) is 11.3 Å². The molecule has 0 atom stereocenters. The Labute approximate surface area is 128 Å². The van der Waals surface area contributed by atoms with Crippen LogP contribution in [-0.4, -0.2) is 17.6 Å². The van der Waals surface area contributed by atoms with Crippen LogP contribution in [0, 0.1) is 0 Å². The lowest BCUT2D eigenvalue weighted by Crippen LogP contribution is -2.28. The Bertz CT molecular complexity index is 596. The largest absolute Gasteiger partial charge is 0.344 e. The van der Waals surface area contributed by atoms with E-state index in [9.17, 15) is 4.79 Å². The van der Waals surface area contributed by atoms with Crippen molar-refractivity contribution in [3.8, 4) is 11.3 Å². The van der Waals surface area contributed by atoms with E-state index in [1.54, 1.807) is 6.92 Å². The van der Waals surface area contributed by atoms with E-state index in [0.29, 0.717) is 17.7 Å². The number of amides is 2. The first-order valence-corrected chi connectivity index (χ1v) is 7.68. The number of urea groups is 1. The van der Waals surface area contributed by atoms with E-state index < -0.39 is 6.03 Å². The first-order chi connectivity index (χ1) is 10.1. The molecule has 0 aliphatic rings. The summed E-state index contributed by atoms with van der Waals surface area (Å²) in [7, 11) is 0. The van der Waals surface area contributed by atoms with E-state index in [-0.39, 0.29) is 0 Å². The first kappa shape index (κ1) is 15.5. The Kier molecular flexibility index (Phi) is 5.30. The predicted octanol–water partition coefficient (Wildman–Crippen LogP) is 4.01. The van der Waals surface area contributed by atoms with Gasteiger partial charge in [0.2, 0.25) is 0 Å². The average Bonchev–Trinajstić information content (AvgIpc) is 2.90. The molecule has 0 fully saturated rings. The van der Waals surface area contributed by atoms with Gasteiger partial charge >= 0.3 is 6.03 Å². The number of rotatable bonds is 5. The number of carbonyl (C=O) groups is 1. The molecule has 0 aliphatic carbocycles. The highest BCUT2D eigenvalue weighted by atomic mass is 32.1. The number of thiazole rings is 1. The summed E-state index contributed by atoms with van der Waals surface area (Å²) in [6.45, 7) is 6.44. The van der Waals surface area contributed by atoms with Crippen LogP contribution in [0.2, 0.25) is 0 Å². The number of hydrogen-bond donors (Lipinski definition) is 2. The molecular formula is C15H19N3O2S. The van der Waals surface area contributed by atoms with Crippen molar-refractivity contribution < 1.29 is 9.63 Å². The van der Waals surface area contributed by atoms with Gasteiger partial charge in [-0.3, -0.25) is 10.2 Å². The zero-order chi connectivity index (χ0) is 15.2. The lowest BCUT2D eigenvalue weighted by atomic mass is 10.1. The third kappa shape index (κ3) is 4.03. The molecule has 0 unspecified atom stereocenters. The summed E-state index contributed by atoms with van der Waals surface area (Å²) in [6, 6.07) is 9.55. The topological polar surface area (TPSA) is 63.2 Å². The van der Waals surface area contributed by atoms with Gasteiger partial charge in [0, 0.05) is 10.4 Å². The molecule has 2 aromatic rings. The zero-order valence-electron chi connectivity index (χ0n) is 12.3. The number of nitrogens with one attached hydrogen (secondary N) is 2. The number of anilines is 1. The van der Waals surface area contributed by atoms with Crippen molar-refractivity contribution in [2.45, 2.75) is 26.7 Å². The minimum absolute atomic E-state index is 0.336. The molecule has 2 rings (SSSR count). The number of carbonyl (C=O) groups excluding carboxylic acids is 1. The van der Waals surface area contributed by atoms with Gasteiger partial charge in [-0.15, -0.1) is 11.3 Å². The normalized spacial score (nSPS) is 10.7. The summed E-state index contributed by atoms with van der Waals surface area (Å²) in [6.07, 6.45) is 0. The lowest BCUT2D eigenvalue weighted by molar-refractivity contribution is 0.0758. The fraction of sp³-hybridized carbons (Fsp3) is 0.333. The third-order valence-electron chi connectivity index (χ3n) is 2.75. The summed E-state index contributed by atoms with van der Waals surface area (Å²) < 4.78 is 0. The monoisotopic (exact) mass is 305 g/mol. The number of aromatic nitrogens is 1. The number of hydroxylamine groups is 1. The van der Waals surface area contributed by atoms with Gasteiger partial charge in [0.25, 0.3) is 0 Å². The van der Waals surface area contributed by atoms with Gasteiger partial charge in [-0.25, -0.2) is 15.3 Å². The van der Waals surface area contributed by atoms with Crippen molar-refractivity contribution in [1.82, 2.24) is 10.5 Å². The van der Waals surface area contributed by atoms with Crippen molar-refractivity contribution in [3.63, 3.8) is 0 Å². The maximum absolute atomic E-state index is 11.6. The second-order valence-corrected chi connectivity index (χ2v) is 5.77. The number of nitrogens with zero attached hydrogens (tertiary/aromatic N) is 1. The van der Waals surface area contributed by atoms with Crippen LogP contribution < -0.4 is 10.8 Å². The lowest BCUT2D eigenvalue weighted by Gasteiger charge is -2.04. The summed E-state index contributed by atoms with van der Waals surface area (Å²) in [5.74, 6) is 0.336. The van der Waals surface area contributed by atoms with Gasteiger partial charge in [0.1, 0.15) is 0 Å². The molecule has 6 heteroatoms. The van der Waals surface area contributed by atoms with Gasteiger partial charge < -0.3 is 0 Å². The molecule has 1 aromatic carbocycles. The smallest absolute Gasteiger partial charge is 0.282 e. The second kappa shape index (κ2) is 7.19. The fourth-order valence-electron chi connectivity index (χ4n) is 1.84. The van der Waals surface area contributed by atoms with E-state index in [4.69, 9.17) is 4.84 Å². The summed E-state index contributed by atoms with van der Waals surface area (Å²) in [5.41, 5.74) is 4.27. The number of benzene rings is 1. The van der Waals surface area contributed by atoms with Crippen LogP contribution in [0.15, 0.2) is 30.3 Å². The van der Waals surface area contributed by atoms with Crippen molar-refractivity contribution in [2.24, 2.45) is 0 Å². The molecule has 1 heterocycles. The molecule has 0 saturated carbocycles. The molecule has 0 aliphatic heterocycles. The molecule has 0 spiro atoms. The Morgan fingerprint density at radius 1 is 1.33 bits per heavy atom. The van der Waals surface area contributed by atoms with Gasteiger partial charge in [-0.1, -0.05) is 44.2 Å². The van der Waals surface area contributed by atoms with Crippen LogP contribution in [0.4, 0.5) is 9.93 Å². The molecule has 2 N–H and O–H groups in total. The zero-order valence-corrected chi connectivity index (χ0v) is 13.2. The first-order valence-electron chi connectivity index (χ1n) is 6.86. The van der Waals surface area contributed by atoms with E-state index in [1.807, 2.05) is 30.3 Å². The molecular weight excluding hydrogens is 286 g/mol. The van der Waals surface area contributed by atoms with Crippen LogP contribution in [0.5, 0.6) is 0 Å². The second-order valence-electron chi connectivity index (χ2n) is 4.74. The minimum Gasteiger partial charge on any atom is -0.282 e. The number of hydrogen-bond acceptors (Lipinski definition) is 4. The maximum atomic E-state index is 11.6. The summed E-state index contributed by atoms with van der Waals surface area (Å²) in [4.78, 5) is 22.2. The highest BCUT2D eigenvalue weighted by Gasteiger charge is 2.16. The van der Waals surface area contributed by atoms with Crippen molar-refractivity contribution in [1.29, 1.82) is 0 Å². The minimum atomic E-state index is -0.416. The Morgan fingerprint density at radius 3 is 2.67 bits per heavy atom. The molecule has 0 radical (unpaired) electrons. The molecule has 21 heavy (non-hydrogen) atoms. The molecule has 112 valence electrons. The Balaban J connectivity index is 2.24. The molecule has 1 aromatic heterocycles. The van der Waals surface area contributed by atoms with Gasteiger partial charge in [0.15, 0.2) is 5.13 Å². The maximum Gasteiger partial charge on any atom is 0.344 e. The van der Waals surface area contributed by atoms with Gasteiger partial charge in [-0.2, -0.15) is 0 Å². The summed E-state index contributed by atoms with van der Waals surface area (Å²) in [5, 5.41) is 3.26. The van der Waals surface area contributed by atoms with Crippen LogP contribution in [-0.2, 0) is 4.84 Å².